The first-order valence-electron chi connectivity index (χ1n) is 6.03. The molecule has 0 amide bonds. The van der Waals surface area contributed by atoms with Crippen LogP contribution >= 0.6 is 0 Å². The van der Waals surface area contributed by atoms with Crippen LogP contribution in [0.2, 0.25) is 0 Å². The average Bonchev–Trinajstić information content (AvgIpc) is 2.92. The summed E-state index contributed by atoms with van der Waals surface area (Å²) in [6.07, 6.45) is 0. The summed E-state index contributed by atoms with van der Waals surface area (Å²) in [5.74, 6) is 0.995. The van der Waals surface area contributed by atoms with Crippen molar-refractivity contribution in [2.45, 2.75) is 0 Å². The van der Waals surface area contributed by atoms with E-state index in [2.05, 4.69) is 0 Å². The van der Waals surface area contributed by atoms with Gasteiger partial charge in [0.15, 0.2) is 23.9 Å². The largest absolute Gasteiger partial charge is 0.485 e. The van der Waals surface area contributed by atoms with Crippen molar-refractivity contribution < 1.29 is 23.4 Å². The van der Waals surface area contributed by atoms with Crippen LogP contribution < -0.4 is 14.2 Å². The van der Waals surface area contributed by atoms with Gasteiger partial charge in [0.1, 0.15) is 11.6 Å². The van der Waals surface area contributed by atoms with Gasteiger partial charge in [-0.15, -0.1) is 0 Å². The van der Waals surface area contributed by atoms with Crippen LogP contribution in [0.3, 0.4) is 0 Å². The molecule has 0 unspecified atom stereocenters. The van der Waals surface area contributed by atoms with E-state index in [9.17, 15) is 9.18 Å². The number of fused-ring (bicyclic) bond motifs is 1. The lowest BCUT2D eigenvalue weighted by Gasteiger charge is -2.06. The SMILES string of the molecule is O=C(COc1ccc2c(c1)OCO2)c1cccc(F)c1. The molecule has 5 heteroatoms. The van der Waals surface area contributed by atoms with Gasteiger partial charge in [-0.1, -0.05) is 12.1 Å². The van der Waals surface area contributed by atoms with E-state index in [1.165, 1.54) is 18.2 Å². The lowest BCUT2D eigenvalue weighted by atomic mass is 10.1. The van der Waals surface area contributed by atoms with Crippen LogP contribution in [0, 0.1) is 5.82 Å². The van der Waals surface area contributed by atoms with Gasteiger partial charge in [0.05, 0.1) is 0 Å². The van der Waals surface area contributed by atoms with Crippen molar-refractivity contribution in [3.63, 3.8) is 0 Å². The topological polar surface area (TPSA) is 44.8 Å². The standard InChI is InChI=1S/C15H11FO4/c16-11-3-1-2-10(6-11)13(17)8-18-12-4-5-14-15(7-12)20-9-19-14/h1-7H,8-9H2. The highest BCUT2D eigenvalue weighted by Crippen LogP contribution is 2.35. The van der Waals surface area contributed by atoms with Crippen molar-refractivity contribution in [1.82, 2.24) is 0 Å². The molecule has 0 aliphatic carbocycles. The summed E-state index contributed by atoms with van der Waals surface area (Å²) in [6, 6.07) is 10.6. The normalized spacial score (nSPS) is 12.2. The molecule has 2 aromatic rings. The third-order valence-corrected chi connectivity index (χ3v) is 2.86. The van der Waals surface area contributed by atoms with Gasteiger partial charge in [0.2, 0.25) is 6.79 Å². The summed E-state index contributed by atoms with van der Waals surface area (Å²) in [7, 11) is 0. The van der Waals surface area contributed by atoms with E-state index in [4.69, 9.17) is 14.2 Å². The fourth-order valence-electron chi connectivity index (χ4n) is 1.86. The molecule has 0 aromatic heterocycles. The summed E-state index contributed by atoms with van der Waals surface area (Å²) in [4.78, 5) is 11.9. The van der Waals surface area contributed by atoms with E-state index in [0.29, 0.717) is 17.2 Å². The molecular weight excluding hydrogens is 263 g/mol. The molecule has 1 heterocycles. The van der Waals surface area contributed by atoms with Crippen molar-refractivity contribution in [2.24, 2.45) is 0 Å². The Morgan fingerprint density at radius 1 is 1.15 bits per heavy atom. The van der Waals surface area contributed by atoms with E-state index < -0.39 is 5.82 Å². The quantitative estimate of drug-likeness (QED) is 0.804. The van der Waals surface area contributed by atoms with Crippen molar-refractivity contribution in [2.75, 3.05) is 13.4 Å². The number of hydrogen-bond donors (Lipinski definition) is 0. The molecule has 0 spiro atoms. The lowest BCUT2D eigenvalue weighted by Crippen LogP contribution is -2.11. The van der Waals surface area contributed by atoms with Crippen molar-refractivity contribution in [3.05, 3.63) is 53.8 Å². The monoisotopic (exact) mass is 274 g/mol. The first kappa shape index (κ1) is 12.5. The number of rotatable bonds is 4. The molecule has 0 bridgehead atoms. The van der Waals surface area contributed by atoms with E-state index >= 15 is 0 Å². The zero-order valence-electron chi connectivity index (χ0n) is 10.5. The highest BCUT2D eigenvalue weighted by atomic mass is 19.1. The van der Waals surface area contributed by atoms with Gasteiger partial charge in [-0.3, -0.25) is 4.79 Å². The Bertz CT molecular complexity index is 654. The first-order valence-corrected chi connectivity index (χ1v) is 6.03. The number of hydrogen-bond acceptors (Lipinski definition) is 4. The summed E-state index contributed by atoms with van der Waals surface area (Å²) in [6.45, 7) is 0.0180. The number of carbonyl (C=O) groups excluding carboxylic acids is 1. The second kappa shape index (κ2) is 5.21. The van der Waals surface area contributed by atoms with Crippen LogP contribution in [0.1, 0.15) is 10.4 Å². The molecule has 4 nitrogen and oxygen atoms in total. The summed E-state index contributed by atoms with van der Waals surface area (Å²) in [5, 5.41) is 0. The van der Waals surface area contributed by atoms with Crippen molar-refractivity contribution >= 4 is 5.78 Å². The predicted octanol–water partition coefficient (Wildman–Crippen LogP) is 2.82. The second-order valence-corrected chi connectivity index (χ2v) is 4.24. The maximum Gasteiger partial charge on any atom is 0.231 e. The van der Waals surface area contributed by atoms with E-state index in [-0.39, 0.29) is 24.7 Å². The summed E-state index contributed by atoms with van der Waals surface area (Å²) >= 11 is 0. The maximum atomic E-state index is 13.0. The Labute approximate surface area is 114 Å². The predicted molar refractivity (Wildman–Crippen MR) is 68.8 cm³/mol. The van der Waals surface area contributed by atoms with Gasteiger partial charge >= 0.3 is 0 Å². The van der Waals surface area contributed by atoms with Gasteiger partial charge in [0, 0.05) is 11.6 Å². The van der Waals surface area contributed by atoms with Crippen LogP contribution in [0.4, 0.5) is 4.39 Å². The Hall–Kier alpha value is -2.56. The number of carbonyl (C=O) groups is 1. The molecule has 0 fully saturated rings. The third kappa shape index (κ3) is 2.56. The molecule has 3 rings (SSSR count). The Kier molecular flexibility index (Phi) is 3.25. The van der Waals surface area contributed by atoms with Gasteiger partial charge in [-0.25, -0.2) is 4.39 Å². The second-order valence-electron chi connectivity index (χ2n) is 4.24. The highest BCUT2D eigenvalue weighted by Gasteiger charge is 2.14. The third-order valence-electron chi connectivity index (χ3n) is 2.86. The van der Waals surface area contributed by atoms with Crippen molar-refractivity contribution in [3.8, 4) is 17.2 Å². The number of ketones is 1. The van der Waals surface area contributed by atoms with E-state index in [1.807, 2.05) is 0 Å². The number of benzene rings is 2. The van der Waals surface area contributed by atoms with Crippen LogP contribution in [0.5, 0.6) is 17.2 Å². The van der Waals surface area contributed by atoms with Crippen LogP contribution in [-0.2, 0) is 0 Å². The minimum absolute atomic E-state index is 0.164. The zero-order valence-corrected chi connectivity index (χ0v) is 10.5. The summed E-state index contributed by atoms with van der Waals surface area (Å²) in [5.41, 5.74) is 0.283. The molecule has 2 aromatic carbocycles. The number of halogens is 1. The molecule has 102 valence electrons. The molecule has 0 saturated heterocycles. The lowest BCUT2D eigenvalue weighted by molar-refractivity contribution is 0.0921. The first-order chi connectivity index (χ1) is 9.72. The van der Waals surface area contributed by atoms with E-state index in [0.717, 1.165) is 0 Å². The van der Waals surface area contributed by atoms with Crippen LogP contribution in [-0.4, -0.2) is 19.2 Å². The highest BCUT2D eigenvalue weighted by molar-refractivity contribution is 5.97. The Balaban J connectivity index is 1.66. The van der Waals surface area contributed by atoms with Crippen molar-refractivity contribution in [1.29, 1.82) is 0 Å². The van der Waals surface area contributed by atoms with Gasteiger partial charge in [-0.2, -0.15) is 0 Å². The van der Waals surface area contributed by atoms with Crippen LogP contribution in [0.25, 0.3) is 0 Å². The number of Topliss-reactive ketones (excluding diaryl/α,β-unsaturated/α-hetero) is 1. The molecule has 0 N–H and O–H groups in total. The molecule has 20 heavy (non-hydrogen) atoms. The summed E-state index contributed by atoms with van der Waals surface area (Å²) < 4.78 is 28.8. The molecule has 1 aliphatic heterocycles. The van der Waals surface area contributed by atoms with Gasteiger partial charge < -0.3 is 14.2 Å². The average molecular weight is 274 g/mol. The Morgan fingerprint density at radius 3 is 2.85 bits per heavy atom. The van der Waals surface area contributed by atoms with Gasteiger partial charge in [0.25, 0.3) is 0 Å². The number of ether oxygens (including phenoxy) is 3. The molecule has 0 radical (unpaired) electrons. The molecular formula is C15H11FO4. The fourth-order valence-corrected chi connectivity index (χ4v) is 1.86. The minimum atomic E-state index is -0.445. The zero-order chi connectivity index (χ0) is 13.9. The molecule has 0 saturated carbocycles. The Morgan fingerprint density at radius 2 is 2.00 bits per heavy atom. The van der Waals surface area contributed by atoms with E-state index in [1.54, 1.807) is 24.3 Å². The minimum Gasteiger partial charge on any atom is -0.485 e. The smallest absolute Gasteiger partial charge is 0.231 e. The van der Waals surface area contributed by atoms with Gasteiger partial charge in [-0.05, 0) is 24.3 Å². The molecule has 1 aliphatic rings. The maximum absolute atomic E-state index is 13.0. The van der Waals surface area contributed by atoms with Crippen LogP contribution in [0.15, 0.2) is 42.5 Å². The fraction of sp³-hybridized carbons (Fsp3) is 0.133. The molecule has 0 atom stereocenters.